The Hall–Kier alpha value is -2.20. The van der Waals surface area contributed by atoms with Gasteiger partial charge in [-0.2, -0.15) is 0 Å². The molecule has 0 aliphatic carbocycles. The van der Waals surface area contributed by atoms with E-state index < -0.39 is 0 Å². The van der Waals surface area contributed by atoms with Gasteiger partial charge < -0.3 is 10.3 Å². The van der Waals surface area contributed by atoms with Gasteiger partial charge in [-0.3, -0.25) is 0 Å². The highest BCUT2D eigenvalue weighted by Crippen LogP contribution is 2.28. The van der Waals surface area contributed by atoms with E-state index in [1.54, 1.807) is 0 Å². The lowest BCUT2D eigenvalue weighted by Gasteiger charge is -2.02. The second kappa shape index (κ2) is 5.43. The summed E-state index contributed by atoms with van der Waals surface area (Å²) in [6.07, 6.45) is 5.70. The van der Waals surface area contributed by atoms with Crippen molar-refractivity contribution >= 4 is 10.9 Å². The van der Waals surface area contributed by atoms with Crippen molar-refractivity contribution in [3.63, 3.8) is 0 Å². The van der Waals surface area contributed by atoms with Gasteiger partial charge in [0, 0.05) is 42.3 Å². The van der Waals surface area contributed by atoms with Gasteiger partial charge in [-0.1, -0.05) is 18.2 Å². The second-order valence-corrected chi connectivity index (χ2v) is 4.92. The summed E-state index contributed by atoms with van der Waals surface area (Å²) in [5.41, 5.74) is 8.89. The molecular weight excluding hydrogens is 248 g/mol. The monoisotopic (exact) mass is 266 g/mol. The number of nitrogens with two attached hydrogens (primary N) is 1. The number of rotatable bonds is 4. The first-order valence-electron chi connectivity index (χ1n) is 6.86. The summed E-state index contributed by atoms with van der Waals surface area (Å²) >= 11 is 0. The SMILES string of the molecule is Cn1cc(-c2ccnc(CCCN)n2)c2ccccc21. The summed E-state index contributed by atoms with van der Waals surface area (Å²) in [5, 5.41) is 1.22. The molecule has 4 nitrogen and oxygen atoms in total. The highest BCUT2D eigenvalue weighted by Gasteiger charge is 2.09. The summed E-state index contributed by atoms with van der Waals surface area (Å²) in [6.45, 7) is 0.669. The number of aryl methyl sites for hydroxylation is 2. The van der Waals surface area contributed by atoms with Crippen molar-refractivity contribution in [2.24, 2.45) is 12.8 Å². The zero-order valence-electron chi connectivity index (χ0n) is 11.6. The molecule has 4 heteroatoms. The van der Waals surface area contributed by atoms with Crippen LogP contribution in [0.1, 0.15) is 12.2 Å². The molecule has 102 valence electrons. The normalized spacial score (nSPS) is 11.1. The first-order valence-corrected chi connectivity index (χ1v) is 6.86. The number of hydrogen-bond donors (Lipinski definition) is 1. The summed E-state index contributed by atoms with van der Waals surface area (Å²) in [7, 11) is 2.06. The summed E-state index contributed by atoms with van der Waals surface area (Å²) in [6, 6.07) is 10.3. The number of nitrogens with zero attached hydrogens (tertiary/aromatic N) is 3. The van der Waals surface area contributed by atoms with Crippen LogP contribution in [0.2, 0.25) is 0 Å². The zero-order chi connectivity index (χ0) is 13.9. The first kappa shape index (κ1) is 12.8. The van der Waals surface area contributed by atoms with Crippen molar-refractivity contribution in [1.82, 2.24) is 14.5 Å². The van der Waals surface area contributed by atoms with Crippen molar-refractivity contribution in [3.05, 3.63) is 48.5 Å². The molecule has 0 fully saturated rings. The maximum atomic E-state index is 5.54. The minimum atomic E-state index is 0.669. The summed E-state index contributed by atoms with van der Waals surface area (Å²) < 4.78 is 2.13. The van der Waals surface area contributed by atoms with Crippen LogP contribution in [0.5, 0.6) is 0 Å². The first-order chi connectivity index (χ1) is 9.79. The summed E-state index contributed by atoms with van der Waals surface area (Å²) in [5.74, 6) is 0.862. The van der Waals surface area contributed by atoms with Crippen LogP contribution in [-0.2, 0) is 13.5 Å². The van der Waals surface area contributed by atoms with Crippen molar-refractivity contribution in [2.45, 2.75) is 12.8 Å². The summed E-state index contributed by atoms with van der Waals surface area (Å²) in [4.78, 5) is 8.98. The van der Waals surface area contributed by atoms with Crippen LogP contribution < -0.4 is 5.73 Å². The molecule has 0 saturated carbocycles. The third-order valence-corrected chi connectivity index (χ3v) is 3.48. The number of fused-ring (bicyclic) bond motifs is 1. The van der Waals surface area contributed by atoms with E-state index in [4.69, 9.17) is 5.73 Å². The Bertz CT molecular complexity index is 730. The third kappa shape index (κ3) is 2.30. The molecule has 2 heterocycles. The number of benzene rings is 1. The molecule has 2 N–H and O–H groups in total. The zero-order valence-corrected chi connectivity index (χ0v) is 11.6. The predicted molar refractivity (Wildman–Crippen MR) is 81.3 cm³/mol. The molecule has 3 rings (SSSR count). The standard InChI is InChI=1S/C16H18N4/c1-20-11-13(12-5-2-3-6-15(12)20)14-8-10-18-16(19-14)7-4-9-17/h2-3,5-6,8,10-11H,4,7,9,17H2,1H3. The van der Waals surface area contributed by atoms with Gasteiger partial charge in [0.2, 0.25) is 0 Å². The molecule has 0 aliphatic heterocycles. The van der Waals surface area contributed by atoms with Gasteiger partial charge in [-0.25, -0.2) is 9.97 Å². The Morgan fingerprint density at radius 1 is 1.20 bits per heavy atom. The van der Waals surface area contributed by atoms with E-state index >= 15 is 0 Å². The molecule has 20 heavy (non-hydrogen) atoms. The highest BCUT2D eigenvalue weighted by molar-refractivity contribution is 5.95. The molecule has 0 unspecified atom stereocenters. The molecule has 0 amide bonds. The lowest BCUT2D eigenvalue weighted by atomic mass is 10.1. The van der Waals surface area contributed by atoms with Crippen molar-refractivity contribution in [3.8, 4) is 11.3 Å². The average Bonchev–Trinajstić information content (AvgIpc) is 2.83. The Labute approximate surface area is 118 Å². The van der Waals surface area contributed by atoms with Crippen LogP contribution >= 0.6 is 0 Å². The van der Waals surface area contributed by atoms with Crippen LogP contribution in [0.4, 0.5) is 0 Å². The molecule has 0 spiro atoms. The number of hydrogen-bond acceptors (Lipinski definition) is 3. The van der Waals surface area contributed by atoms with E-state index in [2.05, 4.69) is 52.0 Å². The molecule has 0 saturated heterocycles. The molecule has 3 aromatic rings. The largest absolute Gasteiger partial charge is 0.350 e. The van der Waals surface area contributed by atoms with Crippen molar-refractivity contribution < 1.29 is 0 Å². The minimum Gasteiger partial charge on any atom is -0.350 e. The van der Waals surface area contributed by atoms with Gasteiger partial charge in [-0.05, 0) is 25.1 Å². The van der Waals surface area contributed by atoms with E-state index in [0.29, 0.717) is 6.54 Å². The van der Waals surface area contributed by atoms with Crippen molar-refractivity contribution in [2.75, 3.05) is 6.54 Å². The molecular formula is C16H18N4. The van der Waals surface area contributed by atoms with Crippen LogP contribution in [0.15, 0.2) is 42.7 Å². The lowest BCUT2D eigenvalue weighted by molar-refractivity contribution is 0.782. The second-order valence-electron chi connectivity index (χ2n) is 4.92. The van der Waals surface area contributed by atoms with Crippen LogP contribution in [0.3, 0.4) is 0 Å². The molecule has 1 aromatic carbocycles. The van der Waals surface area contributed by atoms with Crippen LogP contribution in [0, 0.1) is 0 Å². The van der Waals surface area contributed by atoms with Crippen LogP contribution in [-0.4, -0.2) is 21.1 Å². The number of para-hydroxylation sites is 1. The Morgan fingerprint density at radius 3 is 2.90 bits per heavy atom. The predicted octanol–water partition coefficient (Wildman–Crippen LogP) is 2.53. The molecule has 2 aromatic heterocycles. The molecule has 0 atom stereocenters. The Balaban J connectivity index is 2.07. The average molecular weight is 266 g/mol. The Morgan fingerprint density at radius 2 is 2.05 bits per heavy atom. The van der Waals surface area contributed by atoms with Gasteiger partial charge in [0.1, 0.15) is 5.82 Å². The fourth-order valence-corrected chi connectivity index (χ4v) is 2.48. The topological polar surface area (TPSA) is 56.7 Å². The maximum Gasteiger partial charge on any atom is 0.128 e. The van der Waals surface area contributed by atoms with E-state index in [9.17, 15) is 0 Å². The van der Waals surface area contributed by atoms with Gasteiger partial charge in [0.15, 0.2) is 0 Å². The molecule has 0 radical (unpaired) electrons. The molecule has 0 aliphatic rings. The number of aromatic nitrogens is 3. The third-order valence-electron chi connectivity index (χ3n) is 3.48. The van der Waals surface area contributed by atoms with Gasteiger partial charge >= 0.3 is 0 Å². The van der Waals surface area contributed by atoms with E-state index in [1.165, 1.54) is 10.9 Å². The fourth-order valence-electron chi connectivity index (χ4n) is 2.48. The van der Waals surface area contributed by atoms with Gasteiger partial charge in [-0.15, -0.1) is 0 Å². The minimum absolute atomic E-state index is 0.669. The van der Waals surface area contributed by atoms with E-state index in [-0.39, 0.29) is 0 Å². The van der Waals surface area contributed by atoms with Crippen molar-refractivity contribution in [1.29, 1.82) is 0 Å². The molecule has 0 bridgehead atoms. The van der Waals surface area contributed by atoms with Gasteiger partial charge in [0.05, 0.1) is 5.69 Å². The smallest absolute Gasteiger partial charge is 0.128 e. The quantitative estimate of drug-likeness (QED) is 0.789. The van der Waals surface area contributed by atoms with E-state index in [1.807, 2.05) is 12.3 Å². The van der Waals surface area contributed by atoms with Gasteiger partial charge in [0.25, 0.3) is 0 Å². The Kier molecular flexibility index (Phi) is 3.48. The maximum absolute atomic E-state index is 5.54. The van der Waals surface area contributed by atoms with E-state index in [0.717, 1.165) is 29.9 Å². The lowest BCUT2D eigenvalue weighted by Crippen LogP contribution is -2.03. The highest BCUT2D eigenvalue weighted by atomic mass is 14.9. The van der Waals surface area contributed by atoms with Crippen LogP contribution in [0.25, 0.3) is 22.2 Å². The fraction of sp³-hybridized carbons (Fsp3) is 0.250.